The van der Waals surface area contributed by atoms with Crippen molar-refractivity contribution in [2.75, 3.05) is 13.1 Å². The Bertz CT molecular complexity index is 1510. The standard InChI is InChI=1S/C27H28F3N5O4S/c1-3-15(2)38-18-6-4-17(16-5-7-20(27(28,29)30)33-21(16)18)23-34-22(19(14-31)39-23)24(36)35-11-8-26(37,9-12-35)25-32-10-13-40-25/h4-7,10,13,15,37H,3,8-9,11-12,14,31H2,1-2H3. The SMILES string of the molecule is CCC(C)Oc1ccc(-c2nc(C(=O)N3CCC(O)(c4nccs4)CC3)c(CN)o2)c2ccc(C(F)(F)F)nc12. The molecule has 9 nitrogen and oxygen atoms in total. The molecular formula is C27H28F3N5O4S. The molecule has 0 saturated carbocycles. The number of fused-ring (bicyclic) bond motifs is 1. The second kappa shape index (κ2) is 10.8. The van der Waals surface area contributed by atoms with Crippen LogP contribution in [0.15, 0.2) is 40.3 Å². The van der Waals surface area contributed by atoms with Gasteiger partial charge in [0, 0.05) is 48.5 Å². The van der Waals surface area contributed by atoms with E-state index >= 15 is 0 Å². The number of hydrogen-bond acceptors (Lipinski definition) is 9. The van der Waals surface area contributed by atoms with Crippen LogP contribution < -0.4 is 10.5 Å². The molecule has 1 aromatic carbocycles. The molecule has 1 amide bonds. The van der Waals surface area contributed by atoms with Gasteiger partial charge in [-0.2, -0.15) is 13.2 Å². The molecule has 3 aromatic heterocycles. The molecule has 1 atom stereocenters. The number of halogens is 3. The molecule has 0 aliphatic carbocycles. The number of amides is 1. The van der Waals surface area contributed by atoms with Crippen molar-refractivity contribution >= 4 is 28.1 Å². The summed E-state index contributed by atoms with van der Waals surface area (Å²) in [5, 5.41) is 13.7. The Kier molecular flexibility index (Phi) is 7.55. The van der Waals surface area contributed by atoms with E-state index < -0.39 is 23.4 Å². The van der Waals surface area contributed by atoms with Gasteiger partial charge in [0.2, 0.25) is 5.89 Å². The van der Waals surface area contributed by atoms with Gasteiger partial charge >= 0.3 is 6.18 Å². The number of nitrogens with zero attached hydrogens (tertiary/aromatic N) is 4. The van der Waals surface area contributed by atoms with Crippen molar-refractivity contribution in [1.82, 2.24) is 19.9 Å². The molecule has 1 aliphatic heterocycles. The molecule has 4 heterocycles. The van der Waals surface area contributed by atoms with Gasteiger partial charge in [0.25, 0.3) is 5.91 Å². The highest BCUT2D eigenvalue weighted by Crippen LogP contribution is 2.38. The number of carbonyl (C=O) groups is 1. The number of thiazole rings is 1. The predicted octanol–water partition coefficient (Wildman–Crippen LogP) is 5.12. The zero-order chi connectivity index (χ0) is 28.7. The van der Waals surface area contributed by atoms with E-state index in [2.05, 4.69) is 15.0 Å². The monoisotopic (exact) mass is 575 g/mol. The number of aliphatic hydroxyl groups is 1. The maximum Gasteiger partial charge on any atom is 0.433 e. The largest absolute Gasteiger partial charge is 0.488 e. The Morgan fingerprint density at radius 2 is 2.00 bits per heavy atom. The van der Waals surface area contributed by atoms with Gasteiger partial charge in [0.15, 0.2) is 11.5 Å². The lowest BCUT2D eigenvalue weighted by molar-refractivity contribution is -0.140. The number of aromatic nitrogens is 3. The number of hydrogen-bond donors (Lipinski definition) is 2. The molecule has 40 heavy (non-hydrogen) atoms. The lowest BCUT2D eigenvalue weighted by Gasteiger charge is -2.36. The summed E-state index contributed by atoms with van der Waals surface area (Å²) in [5.41, 5.74) is 4.10. The summed E-state index contributed by atoms with van der Waals surface area (Å²) in [4.78, 5) is 27.5. The van der Waals surface area contributed by atoms with Gasteiger partial charge < -0.3 is 24.9 Å². The van der Waals surface area contributed by atoms with Crippen molar-refractivity contribution in [2.24, 2.45) is 5.73 Å². The van der Waals surface area contributed by atoms with Gasteiger partial charge in [-0.15, -0.1) is 11.3 Å². The van der Waals surface area contributed by atoms with Crippen LogP contribution in [0.1, 0.15) is 60.1 Å². The zero-order valence-electron chi connectivity index (χ0n) is 21.9. The third kappa shape index (κ3) is 5.28. The lowest BCUT2D eigenvalue weighted by Crippen LogP contribution is -2.45. The van der Waals surface area contributed by atoms with Crippen molar-refractivity contribution < 1.29 is 32.2 Å². The van der Waals surface area contributed by atoms with Gasteiger partial charge in [0.1, 0.15) is 27.6 Å². The van der Waals surface area contributed by atoms with Crippen molar-refractivity contribution in [3.05, 3.63) is 58.0 Å². The van der Waals surface area contributed by atoms with Crippen LogP contribution in [-0.2, 0) is 18.3 Å². The molecule has 5 rings (SSSR count). The second-order valence-electron chi connectivity index (χ2n) is 9.69. The van der Waals surface area contributed by atoms with E-state index in [4.69, 9.17) is 14.9 Å². The Morgan fingerprint density at radius 1 is 1.25 bits per heavy atom. The quantitative estimate of drug-likeness (QED) is 0.311. The number of piperidine rings is 1. The summed E-state index contributed by atoms with van der Waals surface area (Å²) in [7, 11) is 0. The van der Waals surface area contributed by atoms with Crippen LogP contribution in [-0.4, -0.2) is 50.1 Å². The molecule has 212 valence electrons. The van der Waals surface area contributed by atoms with Crippen LogP contribution in [0.3, 0.4) is 0 Å². The highest BCUT2D eigenvalue weighted by Gasteiger charge is 2.39. The van der Waals surface area contributed by atoms with Gasteiger partial charge in [-0.3, -0.25) is 4.79 Å². The Morgan fingerprint density at radius 3 is 2.62 bits per heavy atom. The Labute approximate surface area is 231 Å². The summed E-state index contributed by atoms with van der Waals surface area (Å²) in [6.45, 7) is 4.14. The highest BCUT2D eigenvalue weighted by atomic mass is 32.1. The molecule has 1 saturated heterocycles. The predicted molar refractivity (Wildman–Crippen MR) is 142 cm³/mol. The van der Waals surface area contributed by atoms with E-state index in [1.165, 1.54) is 23.5 Å². The van der Waals surface area contributed by atoms with Crippen LogP contribution in [0.2, 0.25) is 0 Å². The fraction of sp³-hybridized carbons (Fsp3) is 0.407. The first kappa shape index (κ1) is 28.0. The van der Waals surface area contributed by atoms with Crippen LogP contribution >= 0.6 is 11.3 Å². The average molecular weight is 576 g/mol. The Hall–Kier alpha value is -3.55. The van der Waals surface area contributed by atoms with Crippen molar-refractivity contribution in [3.63, 3.8) is 0 Å². The molecule has 0 radical (unpaired) electrons. The first-order valence-electron chi connectivity index (χ1n) is 12.8. The van der Waals surface area contributed by atoms with Crippen LogP contribution in [0.4, 0.5) is 13.2 Å². The lowest BCUT2D eigenvalue weighted by atomic mass is 9.92. The van der Waals surface area contributed by atoms with Crippen LogP contribution in [0.25, 0.3) is 22.4 Å². The number of ether oxygens (including phenoxy) is 1. The van der Waals surface area contributed by atoms with Crippen LogP contribution in [0, 0.1) is 0 Å². The van der Waals surface area contributed by atoms with E-state index in [-0.39, 0.29) is 54.3 Å². The van der Waals surface area contributed by atoms with E-state index in [9.17, 15) is 23.1 Å². The van der Waals surface area contributed by atoms with Crippen molar-refractivity contribution in [1.29, 1.82) is 0 Å². The molecule has 0 bridgehead atoms. The van der Waals surface area contributed by atoms with Crippen LogP contribution in [0.5, 0.6) is 5.75 Å². The normalized spacial score (nSPS) is 16.3. The molecular weight excluding hydrogens is 547 g/mol. The number of benzene rings is 1. The summed E-state index contributed by atoms with van der Waals surface area (Å²) in [6, 6.07) is 5.32. The number of carbonyl (C=O) groups excluding carboxylic acids is 1. The minimum atomic E-state index is -4.65. The number of likely N-dealkylation sites (tertiary alicyclic amines) is 1. The number of pyridine rings is 1. The van der Waals surface area contributed by atoms with Gasteiger partial charge in [-0.25, -0.2) is 15.0 Å². The summed E-state index contributed by atoms with van der Waals surface area (Å²) >= 11 is 1.36. The molecule has 1 unspecified atom stereocenters. The molecule has 1 fully saturated rings. The number of alkyl halides is 3. The topological polar surface area (TPSA) is 128 Å². The van der Waals surface area contributed by atoms with Crippen molar-refractivity contribution in [3.8, 4) is 17.2 Å². The number of rotatable bonds is 7. The minimum Gasteiger partial charge on any atom is -0.488 e. The fourth-order valence-electron chi connectivity index (χ4n) is 4.60. The smallest absolute Gasteiger partial charge is 0.433 e. The molecule has 1 aliphatic rings. The van der Waals surface area contributed by atoms with Gasteiger partial charge in [-0.05, 0) is 37.6 Å². The molecule has 13 heteroatoms. The third-order valence-corrected chi connectivity index (χ3v) is 8.00. The number of oxazole rings is 1. The van der Waals surface area contributed by atoms with E-state index in [0.717, 1.165) is 6.07 Å². The number of nitrogens with two attached hydrogens (primary N) is 1. The highest BCUT2D eigenvalue weighted by molar-refractivity contribution is 7.09. The minimum absolute atomic E-state index is 0.00510. The molecule has 4 aromatic rings. The van der Waals surface area contributed by atoms with Gasteiger partial charge in [-0.1, -0.05) is 6.92 Å². The fourth-order valence-corrected chi connectivity index (χ4v) is 5.40. The van der Waals surface area contributed by atoms with E-state index in [1.807, 2.05) is 13.8 Å². The summed E-state index contributed by atoms with van der Waals surface area (Å²) < 4.78 is 52.2. The van der Waals surface area contributed by atoms with E-state index in [1.54, 1.807) is 22.5 Å². The first-order valence-corrected chi connectivity index (χ1v) is 13.7. The zero-order valence-corrected chi connectivity index (χ0v) is 22.7. The molecule has 0 spiro atoms. The second-order valence-corrected chi connectivity index (χ2v) is 10.6. The Balaban J connectivity index is 1.49. The first-order chi connectivity index (χ1) is 19.0. The maximum atomic E-state index is 13.5. The maximum absolute atomic E-state index is 13.5. The van der Waals surface area contributed by atoms with Gasteiger partial charge in [0.05, 0.1) is 12.6 Å². The summed E-state index contributed by atoms with van der Waals surface area (Å²) in [6.07, 6.45) is -2.00. The summed E-state index contributed by atoms with van der Waals surface area (Å²) in [5.74, 6) is -0.0345. The van der Waals surface area contributed by atoms with E-state index in [0.29, 0.717) is 35.2 Å². The third-order valence-electron chi connectivity index (χ3n) is 7.04. The van der Waals surface area contributed by atoms with Crippen molar-refractivity contribution in [2.45, 2.75) is 57.5 Å². The molecule has 3 N–H and O–H groups in total. The average Bonchev–Trinajstić information content (AvgIpc) is 3.64.